The Labute approximate surface area is 125 Å². The van der Waals surface area contributed by atoms with E-state index in [1.165, 1.54) is 38.2 Å². The number of rotatable bonds is 1. The number of hydrogen-bond donors (Lipinski definition) is 1. The molecule has 1 N–H and O–H groups in total. The molecule has 2 nitrogen and oxygen atoms in total. The topological polar surface area (TPSA) is 15.3 Å². The van der Waals surface area contributed by atoms with E-state index in [9.17, 15) is 4.39 Å². The van der Waals surface area contributed by atoms with Crippen LogP contribution >= 0.6 is 11.6 Å². The second kappa shape index (κ2) is 5.90. The second-order valence-corrected chi connectivity index (χ2v) is 6.55. The van der Waals surface area contributed by atoms with E-state index >= 15 is 0 Å². The van der Waals surface area contributed by atoms with E-state index in [4.69, 9.17) is 11.6 Å². The summed E-state index contributed by atoms with van der Waals surface area (Å²) in [4.78, 5) is 2.37. The maximum Gasteiger partial charge on any atom is 0.141 e. The molecule has 1 aromatic rings. The number of anilines is 1. The Morgan fingerprint density at radius 2 is 1.95 bits per heavy atom. The third kappa shape index (κ3) is 2.94. The minimum Gasteiger partial charge on any atom is -0.370 e. The fraction of sp³-hybridized carbons (Fsp3) is 0.625. The van der Waals surface area contributed by atoms with Gasteiger partial charge in [-0.2, -0.15) is 0 Å². The molecule has 1 heterocycles. The monoisotopic (exact) mass is 296 g/mol. The Hall–Kier alpha value is -0.800. The highest BCUT2D eigenvalue weighted by Gasteiger charge is 2.35. The molecule has 0 bridgehead atoms. The molecular weight excluding hydrogens is 275 g/mol. The molecule has 0 unspecified atom stereocenters. The molecule has 2 fully saturated rings. The van der Waals surface area contributed by atoms with Gasteiger partial charge >= 0.3 is 0 Å². The maximum absolute atomic E-state index is 13.3. The van der Waals surface area contributed by atoms with Gasteiger partial charge in [-0.3, -0.25) is 0 Å². The summed E-state index contributed by atoms with van der Waals surface area (Å²) < 4.78 is 13.3. The minimum atomic E-state index is -0.337. The first-order valence-corrected chi connectivity index (χ1v) is 8.01. The quantitative estimate of drug-likeness (QED) is 0.843. The molecule has 1 saturated heterocycles. The molecular formula is C16H22ClFN2. The zero-order chi connectivity index (χ0) is 14.0. The van der Waals surface area contributed by atoms with Crippen LogP contribution in [0.25, 0.3) is 0 Å². The molecule has 110 valence electrons. The fourth-order valence-electron chi connectivity index (χ4n) is 3.59. The molecule has 1 aliphatic carbocycles. The van der Waals surface area contributed by atoms with Crippen LogP contribution in [0.15, 0.2) is 18.2 Å². The van der Waals surface area contributed by atoms with Gasteiger partial charge in [0, 0.05) is 24.3 Å². The molecule has 3 rings (SSSR count). The highest BCUT2D eigenvalue weighted by molar-refractivity contribution is 6.31. The van der Waals surface area contributed by atoms with Crippen molar-refractivity contribution in [2.24, 2.45) is 0 Å². The Balaban J connectivity index is 1.82. The SMILES string of the molecule is Fc1ccc(N2CCCNC3(CCCCC3)C2)cc1Cl. The predicted molar refractivity (Wildman–Crippen MR) is 82.1 cm³/mol. The van der Waals surface area contributed by atoms with Crippen molar-refractivity contribution in [3.8, 4) is 0 Å². The van der Waals surface area contributed by atoms with Gasteiger partial charge in [0.2, 0.25) is 0 Å². The van der Waals surface area contributed by atoms with E-state index in [0.717, 1.165) is 31.7 Å². The zero-order valence-electron chi connectivity index (χ0n) is 11.8. The van der Waals surface area contributed by atoms with E-state index in [-0.39, 0.29) is 16.4 Å². The summed E-state index contributed by atoms with van der Waals surface area (Å²) in [5, 5.41) is 3.99. The molecule has 1 saturated carbocycles. The summed E-state index contributed by atoms with van der Waals surface area (Å²) in [5.74, 6) is -0.337. The third-order valence-corrected chi connectivity index (χ3v) is 4.97. The number of nitrogens with zero attached hydrogens (tertiary/aromatic N) is 1. The van der Waals surface area contributed by atoms with Gasteiger partial charge in [0.05, 0.1) is 5.02 Å². The van der Waals surface area contributed by atoms with Crippen molar-refractivity contribution in [2.75, 3.05) is 24.5 Å². The summed E-state index contributed by atoms with van der Waals surface area (Å²) in [7, 11) is 0. The average Bonchev–Trinajstić information content (AvgIpc) is 2.66. The van der Waals surface area contributed by atoms with Crippen LogP contribution in [0.1, 0.15) is 38.5 Å². The van der Waals surface area contributed by atoms with Crippen molar-refractivity contribution < 1.29 is 4.39 Å². The standard InChI is InChI=1S/C16H22ClFN2/c17-14-11-13(5-6-15(14)18)20-10-4-9-19-16(12-20)7-2-1-3-8-16/h5-6,11,19H,1-4,7-10,12H2. The average molecular weight is 297 g/mol. The van der Waals surface area contributed by atoms with Crippen LogP contribution in [-0.2, 0) is 0 Å². The first-order valence-electron chi connectivity index (χ1n) is 7.64. The van der Waals surface area contributed by atoms with Gasteiger partial charge in [0.15, 0.2) is 0 Å². The Bertz CT molecular complexity index is 472. The van der Waals surface area contributed by atoms with Gasteiger partial charge in [-0.25, -0.2) is 4.39 Å². The molecule has 2 aliphatic rings. The van der Waals surface area contributed by atoms with E-state index in [2.05, 4.69) is 10.2 Å². The smallest absolute Gasteiger partial charge is 0.141 e. The fourth-order valence-corrected chi connectivity index (χ4v) is 3.76. The van der Waals surface area contributed by atoms with Crippen molar-refractivity contribution >= 4 is 17.3 Å². The van der Waals surface area contributed by atoms with Crippen molar-refractivity contribution in [1.29, 1.82) is 0 Å². The van der Waals surface area contributed by atoms with Gasteiger partial charge in [-0.05, 0) is 44.0 Å². The molecule has 4 heteroatoms. The van der Waals surface area contributed by atoms with Gasteiger partial charge in [0.1, 0.15) is 5.82 Å². The number of halogens is 2. The number of benzene rings is 1. The van der Waals surface area contributed by atoms with Crippen LogP contribution in [0.4, 0.5) is 10.1 Å². The molecule has 0 aromatic heterocycles. The summed E-state index contributed by atoms with van der Waals surface area (Å²) in [6.45, 7) is 3.09. The van der Waals surface area contributed by atoms with Gasteiger partial charge in [0.25, 0.3) is 0 Å². The summed E-state index contributed by atoms with van der Waals surface area (Å²) in [6.07, 6.45) is 7.59. The largest absolute Gasteiger partial charge is 0.370 e. The minimum absolute atomic E-state index is 0.220. The molecule has 0 atom stereocenters. The Morgan fingerprint density at radius 3 is 2.70 bits per heavy atom. The molecule has 20 heavy (non-hydrogen) atoms. The first-order chi connectivity index (χ1) is 9.69. The van der Waals surface area contributed by atoms with Crippen LogP contribution in [0.3, 0.4) is 0 Å². The first kappa shape index (κ1) is 14.2. The summed E-state index contributed by atoms with van der Waals surface area (Å²) in [5.41, 5.74) is 1.29. The van der Waals surface area contributed by atoms with Crippen molar-refractivity contribution in [3.05, 3.63) is 29.0 Å². The third-order valence-electron chi connectivity index (χ3n) is 4.68. The highest BCUT2D eigenvalue weighted by atomic mass is 35.5. The lowest BCUT2D eigenvalue weighted by Gasteiger charge is -2.40. The molecule has 0 amide bonds. The molecule has 0 radical (unpaired) electrons. The van der Waals surface area contributed by atoms with Crippen molar-refractivity contribution in [1.82, 2.24) is 5.32 Å². The highest BCUT2D eigenvalue weighted by Crippen LogP contribution is 2.32. The van der Waals surface area contributed by atoms with Crippen molar-refractivity contribution in [2.45, 2.75) is 44.1 Å². The normalized spacial score (nSPS) is 22.8. The maximum atomic E-state index is 13.3. The van der Waals surface area contributed by atoms with Crippen LogP contribution < -0.4 is 10.2 Å². The van der Waals surface area contributed by atoms with Crippen LogP contribution in [-0.4, -0.2) is 25.2 Å². The van der Waals surface area contributed by atoms with Gasteiger partial charge in [-0.15, -0.1) is 0 Å². The molecule has 1 spiro atoms. The van der Waals surface area contributed by atoms with Gasteiger partial charge in [-0.1, -0.05) is 30.9 Å². The van der Waals surface area contributed by atoms with Crippen LogP contribution in [0.2, 0.25) is 5.02 Å². The van der Waals surface area contributed by atoms with Gasteiger partial charge < -0.3 is 10.2 Å². The lowest BCUT2D eigenvalue weighted by molar-refractivity contribution is 0.246. The van der Waals surface area contributed by atoms with E-state index in [1.807, 2.05) is 6.07 Å². The lowest BCUT2D eigenvalue weighted by Crippen LogP contribution is -2.52. The second-order valence-electron chi connectivity index (χ2n) is 6.14. The van der Waals surface area contributed by atoms with Crippen LogP contribution in [0.5, 0.6) is 0 Å². The van der Waals surface area contributed by atoms with E-state index in [0.29, 0.717) is 0 Å². The van der Waals surface area contributed by atoms with E-state index in [1.54, 1.807) is 6.07 Å². The Kier molecular flexibility index (Phi) is 4.18. The number of hydrogen-bond acceptors (Lipinski definition) is 2. The predicted octanol–water partition coefficient (Wildman–Crippen LogP) is 3.98. The zero-order valence-corrected chi connectivity index (χ0v) is 12.6. The van der Waals surface area contributed by atoms with E-state index < -0.39 is 0 Å². The van der Waals surface area contributed by atoms with Crippen molar-refractivity contribution in [3.63, 3.8) is 0 Å². The van der Waals surface area contributed by atoms with Crippen LogP contribution in [0, 0.1) is 5.82 Å². The molecule has 1 aromatic carbocycles. The lowest BCUT2D eigenvalue weighted by atomic mass is 9.81. The summed E-state index contributed by atoms with van der Waals surface area (Å²) in [6, 6.07) is 5.09. The summed E-state index contributed by atoms with van der Waals surface area (Å²) >= 11 is 5.93. The number of nitrogens with one attached hydrogen (secondary N) is 1. The molecule has 1 aliphatic heterocycles. The Morgan fingerprint density at radius 1 is 1.15 bits per heavy atom.